The van der Waals surface area contributed by atoms with Crippen molar-refractivity contribution in [1.82, 2.24) is 9.80 Å². The summed E-state index contributed by atoms with van der Waals surface area (Å²) < 4.78 is 4.91. The lowest BCUT2D eigenvalue weighted by atomic mass is 9.87. The molecule has 1 aromatic rings. The fourth-order valence-corrected chi connectivity index (χ4v) is 3.58. The van der Waals surface area contributed by atoms with Gasteiger partial charge in [0.25, 0.3) is 0 Å². The Balaban J connectivity index is 1.72. The molecule has 2 fully saturated rings. The molecule has 1 aromatic carbocycles. The van der Waals surface area contributed by atoms with Crippen LogP contribution in [0.15, 0.2) is 30.3 Å². The highest BCUT2D eigenvalue weighted by atomic mass is 16.5. The minimum atomic E-state index is -0.572. The lowest BCUT2D eigenvalue weighted by Gasteiger charge is -2.36. The summed E-state index contributed by atoms with van der Waals surface area (Å²) in [7, 11) is 1.41. The average molecular weight is 302 g/mol. The third-order valence-corrected chi connectivity index (χ3v) is 4.79. The maximum Gasteiger partial charge on any atom is 0.312 e. The van der Waals surface area contributed by atoms with Gasteiger partial charge in [0.05, 0.1) is 18.6 Å². The van der Waals surface area contributed by atoms with Crippen LogP contribution in [0.4, 0.5) is 0 Å². The highest BCUT2D eigenvalue weighted by molar-refractivity contribution is 5.86. The van der Waals surface area contributed by atoms with Crippen LogP contribution in [0.5, 0.6) is 0 Å². The summed E-state index contributed by atoms with van der Waals surface area (Å²) in [6, 6.07) is 9.82. The summed E-state index contributed by atoms with van der Waals surface area (Å²) in [4.78, 5) is 28.8. The Labute approximate surface area is 130 Å². The molecule has 0 radical (unpaired) electrons. The van der Waals surface area contributed by atoms with E-state index in [1.54, 1.807) is 0 Å². The van der Waals surface area contributed by atoms with Gasteiger partial charge in [-0.15, -0.1) is 0 Å². The molecule has 2 saturated heterocycles. The lowest BCUT2D eigenvalue weighted by Crippen LogP contribution is -2.53. The van der Waals surface area contributed by atoms with Gasteiger partial charge in [-0.3, -0.25) is 14.5 Å². The number of carbonyl (C=O) groups excluding carboxylic acids is 2. The van der Waals surface area contributed by atoms with E-state index in [9.17, 15) is 9.59 Å². The SMILES string of the molecule is COC(=O)[C@@]1(C)C[C@@H]2C(=O)N(Cc3ccccc3)CCN2C1. The minimum Gasteiger partial charge on any atom is -0.469 e. The molecule has 2 aliphatic heterocycles. The van der Waals surface area contributed by atoms with E-state index in [0.717, 1.165) is 12.1 Å². The number of benzene rings is 1. The summed E-state index contributed by atoms with van der Waals surface area (Å²) in [5.41, 5.74) is 0.565. The molecule has 118 valence electrons. The van der Waals surface area contributed by atoms with Crippen LogP contribution in [0.3, 0.4) is 0 Å². The van der Waals surface area contributed by atoms with Crippen molar-refractivity contribution in [2.24, 2.45) is 5.41 Å². The quantitative estimate of drug-likeness (QED) is 0.789. The fraction of sp³-hybridized carbons (Fsp3) is 0.529. The number of piperazine rings is 1. The summed E-state index contributed by atoms with van der Waals surface area (Å²) in [6.07, 6.45) is 0.545. The molecular weight excluding hydrogens is 280 g/mol. The summed E-state index contributed by atoms with van der Waals surface area (Å²) in [5, 5.41) is 0. The number of ether oxygens (including phenoxy) is 1. The van der Waals surface area contributed by atoms with Crippen molar-refractivity contribution in [1.29, 1.82) is 0 Å². The number of fused-ring (bicyclic) bond motifs is 1. The second-order valence-corrected chi connectivity index (χ2v) is 6.49. The zero-order valence-corrected chi connectivity index (χ0v) is 13.1. The van der Waals surface area contributed by atoms with Crippen molar-refractivity contribution in [3.05, 3.63) is 35.9 Å². The van der Waals surface area contributed by atoms with Crippen LogP contribution in [0.2, 0.25) is 0 Å². The number of amides is 1. The molecule has 5 nitrogen and oxygen atoms in total. The highest BCUT2D eigenvalue weighted by Crippen LogP contribution is 2.37. The molecule has 0 unspecified atom stereocenters. The van der Waals surface area contributed by atoms with Gasteiger partial charge < -0.3 is 9.64 Å². The lowest BCUT2D eigenvalue weighted by molar-refractivity contribution is -0.151. The Morgan fingerprint density at radius 1 is 1.32 bits per heavy atom. The van der Waals surface area contributed by atoms with Crippen LogP contribution in [0.25, 0.3) is 0 Å². The zero-order valence-electron chi connectivity index (χ0n) is 13.1. The number of methoxy groups -OCH3 is 1. The molecule has 2 atom stereocenters. The zero-order chi connectivity index (χ0) is 15.7. The Hall–Kier alpha value is -1.88. The van der Waals surface area contributed by atoms with Crippen molar-refractivity contribution in [3.8, 4) is 0 Å². The van der Waals surface area contributed by atoms with E-state index < -0.39 is 5.41 Å². The Morgan fingerprint density at radius 3 is 2.73 bits per heavy atom. The molecule has 0 saturated carbocycles. The van der Waals surface area contributed by atoms with E-state index >= 15 is 0 Å². The molecule has 0 aliphatic carbocycles. The normalized spacial score (nSPS) is 28.5. The Kier molecular flexibility index (Phi) is 3.91. The van der Waals surface area contributed by atoms with Crippen LogP contribution in [-0.2, 0) is 20.9 Å². The van der Waals surface area contributed by atoms with Crippen LogP contribution in [0.1, 0.15) is 18.9 Å². The number of hydrogen-bond donors (Lipinski definition) is 0. The first-order valence-electron chi connectivity index (χ1n) is 7.69. The third-order valence-electron chi connectivity index (χ3n) is 4.79. The van der Waals surface area contributed by atoms with Crippen LogP contribution < -0.4 is 0 Å². The van der Waals surface area contributed by atoms with Crippen molar-refractivity contribution < 1.29 is 14.3 Å². The maximum atomic E-state index is 12.7. The molecule has 3 rings (SSSR count). The van der Waals surface area contributed by atoms with Crippen molar-refractivity contribution >= 4 is 11.9 Å². The summed E-state index contributed by atoms with van der Waals surface area (Å²) in [5.74, 6) is -0.0907. The molecular formula is C17H22N2O3. The molecule has 0 spiro atoms. The topological polar surface area (TPSA) is 49.9 Å². The number of carbonyl (C=O) groups is 2. The van der Waals surface area contributed by atoms with Crippen LogP contribution >= 0.6 is 0 Å². The number of nitrogens with zero attached hydrogens (tertiary/aromatic N) is 2. The number of esters is 1. The largest absolute Gasteiger partial charge is 0.469 e. The van der Waals surface area contributed by atoms with E-state index in [2.05, 4.69) is 4.90 Å². The summed E-state index contributed by atoms with van der Waals surface area (Å²) in [6.45, 7) is 4.66. The van der Waals surface area contributed by atoms with Crippen LogP contribution in [0, 0.1) is 5.41 Å². The van der Waals surface area contributed by atoms with Crippen LogP contribution in [-0.4, -0.2) is 54.5 Å². The van der Waals surface area contributed by atoms with Gasteiger partial charge >= 0.3 is 5.97 Å². The van der Waals surface area contributed by atoms with Crippen molar-refractivity contribution in [2.75, 3.05) is 26.7 Å². The second-order valence-electron chi connectivity index (χ2n) is 6.49. The minimum absolute atomic E-state index is 0.128. The third kappa shape index (κ3) is 2.61. The Bertz CT molecular complexity index is 575. The van der Waals surface area contributed by atoms with E-state index in [0.29, 0.717) is 26.1 Å². The predicted octanol–water partition coefficient (Wildman–Crippen LogP) is 1.28. The predicted molar refractivity (Wildman–Crippen MR) is 82.0 cm³/mol. The molecule has 22 heavy (non-hydrogen) atoms. The van der Waals surface area contributed by atoms with Gasteiger partial charge in [0.2, 0.25) is 5.91 Å². The van der Waals surface area contributed by atoms with Crippen molar-refractivity contribution in [3.63, 3.8) is 0 Å². The number of rotatable bonds is 3. The number of hydrogen-bond acceptors (Lipinski definition) is 4. The summed E-state index contributed by atoms with van der Waals surface area (Å²) >= 11 is 0. The van der Waals surface area contributed by atoms with Gasteiger partial charge in [-0.05, 0) is 18.9 Å². The molecule has 0 bridgehead atoms. The van der Waals surface area contributed by atoms with Gasteiger partial charge in [0, 0.05) is 26.2 Å². The first-order valence-corrected chi connectivity index (χ1v) is 7.69. The van der Waals surface area contributed by atoms with Gasteiger partial charge in [0.1, 0.15) is 0 Å². The molecule has 5 heteroatoms. The van der Waals surface area contributed by atoms with Crippen molar-refractivity contribution in [2.45, 2.75) is 25.9 Å². The van der Waals surface area contributed by atoms with Gasteiger partial charge in [-0.25, -0.2) is 0 Å². The van der Waals surface area contributed by atoms with Gasteiger partial charge in [0.15, 0.2) is 0 Å². The smallest absolute Gasteiger partial charge is 0.312 e. The second kappa shape index (κ2) is 5.72. The molecule has 2 heterocycles. The van der Waals surface area contributed by atoms with E-state index in [1.165, 1.54) is 7.11 Å². The first-order chi connectivity index (χ1) is 10.5. The first kappa shape index (κ1) is 15.0. The average Bonchev–Trinajstić information content (AvgIpc) is 2.89. The molecule has 0 N–H and O–H groups in total. The molecule has 0 aromatic heterocycles. The molecule has 1 amide bonds. The fourth-order valence-electron chi connectivity index (χ4n) is 3.58. The van der Waals surface area contributed by atoms with Gasteiger partial charge in [-0.1, -0.05) is 30.3 Å². The van der Waals surface area contributed by atoms with E-state index in [-0.39, 0.29) is 17.9 Å². The highest BCUT2D eigenvalue weighted by Gasteiger charge is 2.51. The standard InChI is InChI=1S/C17H22N2O3/c1-17(16(21)22-2)10-14-15(20)18(8-9-19(14)12-17)11-13-6-4-3-5-7-13/h3-7,14H,8-12H2,1-2H3/t14-,17+/m1/s1. The van der Waals surface area contributed by atoms with Gasteiger partial charge in [-0.2, -0.15) is 0 Å². The maximum absolute atomic E-state index is 12.7. The van der Waals surface area contributed by atoms with E-state index in [4.69, 9.17) is 4.74 Å². The Morgan fingerprint density at radius 2 is 2.05 bits per heavy atom. The molecule has 2 aliphatic rings. The monoisotopic (exact) mass is 302 g/mol. The van der Waals surface area contributed by atoms with E-state index in [1.807, 2.05) is 42.2 Å².